The summed E-state index contributed by atoms with van der Waals surface area (Å²) >= 11 is 3.32. The van der Waals surface area contributed by atoms with Crippen LogP contribution in [0.3, 0.4) is 0 Å². The van der Waals surface area contributed by atoms with Crippen LogP contribution in [0.1, 0.15) is 49.9 Å². The molecule has 2 rings (SSSR count). The largest absolute Gasteiger partial charge is 0.384 e. The molecular formula is C17H22BrFN2. The quantitative estimate of drug-likeness (QED) is 0.763. The first-order chi connectivity index (χ1) is 9.88. The highest BCUT2D eigenvalue weighted by Crippen LogP contribution is 2.38. The Morgan fingerprint density at radius 3 is 2.57 bits per heavy atom. The molecule has 1 aromatic carbocycles. The Hall–Kier alpha value is -1.16. The zero-order valence-electron chi connectivity index (χ0n) is 13.3. The Bertz CT molecular complexity index is 681. The lowest BCUT2D eigenvalue weighted by Gasteiger charge is -2.20. The topological polar surface area (TPSA) is 24.9 Å². The van der Waals surface area contributed by atoms with Crippen LogP contribution in [0.2, 0.25) is 0 Å². The highest BCUT2D eigenvalue weighted by atomic mass is 79.9. The highest BCUT2D eigenvalue weighted by molar-refractivity contribution is 9.10. The van der Waals surface area contributed by atoms with Gasteiger partial charge in [-0.05, 0) is 59.3 Å². The Labute approximate surface area is 134 Å². The van der Waals surface area contributed by atoms with Gasteiger partial charge in [-0.1, -0.05) is 20.8 Å². The second-order valence-electron chi connectivity index (χ2n) is 5.78. The summed E-state index contributed by atoms with van der Waals surface area (Å²) in [6.45, 7) is 11.1. The van der Waals surface area contributed by atoms with E-state index in [2.05, 4.69) is 47.0 Å². The fourth-order valence-corrected chi connectivity index (χ4v) is 3.34. The van der Waals surface area contributed by atoms with Gasteiger partial charge in [-0.25, -0.2) is 4.39 Å². The van der Waals surface area contributed by atoms with E-state index in [1.54, 1.807) is 6.07 Å². The summed E-state index contributed by atoms with van der Waals surface area (Å²) in [4.78, 5) is 4.67. The van der Waals surface area contributed by atoms with Crippen LogP contribution in [0.5, 0.6) is 0 Å². The van der Waals surface area contributed by atoms with Crippen molar-refractivity contribution in [3.8, 4) is 0 Å². The SMILES string of the molecule is CCCNc1c(C(C)C)c(C)nc2c(C)cc(Br)c(F)c12. The van der Waals surface area contributed by atoms with Crippen molar-refractivity contribution in [3.05, 3.63) is 33.2 Å². The molecule has 0 spiro atoms. The predicted octanol–water partition coefficient (Wildman–Crippen LogP) is 5.70. The molecule has 0 aliphatic heterocycles. The molecule has 0 aliphatic carbocycles. The van der Waals surface area contributed by atoms with Crippen molar-refractivity contribution in [2.24, 2.45) is 0 Å². The summed E-state index contributed by atoms with van der Waals surface area (Å²) in [5.41, 5.74) is 4.71. The van der Waals surface area contributed by atoms with E-state index in [-0.39, 0.29) is 5.82 Å². The number of hydrogen-bond acceptors (Lipinski definition) is 2. The van der Waals surface area contributed by atoms with Crippen LogP contribution in [-0.2, 0) is 0 Å². The molecule has 0 fully saturated rings. The number of anilines is 1. The third-order valence-corrected chi connectivity index (χ3v) is 4.28. The van der Waals surface area contributed by atoms with Crippen molar-refractivity contribution in [1.29, 1.82) is 0 Å². The molecule has 21 heavy (non-hydrogen) atoms. The third-order valence-electron chi connectivity index (χ3n) is 3.70. The number of hydrogen-bond donors (Lipinski definition) is 1. The standard InChI is InChI=1S/C17H22BrFN2/c1-6-7-20-17-13(9(2)3)11(5)21-16-10(4)8-12(18)15(19)14(16)17/h8-9H,6-7H2,1-5H3,(H,20,21). The molecule has 2 nitrogen and oxygen atoms in total. The monoisotopic (exact) mass is 352 g/mol. The van der Waals surface area contributed by atoms with Crippen molar-refractivity contribution in [2.75, 3.05) is 11.9 Å². The molecule has 114 valence electrons. The van der Waals surface area contributed by atoms with Crippen LogP contribution >= 0.6 is 15.9 Å². The molecule has 4 heteroatoms. The van der Waals surface area contributed by atoms with Crippen LogP contribution in [0, 0.1) is 19.7 Å². The van der Waals surface area contributed by atoms with Crippen molar-refractivity contribution in [1.82, 2.24) is 4.98 Å². The van der Waals surface area contributed by atoms with E-state index >= 15 is 0 Å². The highest BCUT2D eigenvalue weighted by Gasteiger charge is 2.20. The normalized spacial score (nSPS) is 11.4. The molecule has 0 amide bonds. The minimum Gasteiger partial charge on any atom is -0.384 e. The summed E-state index contributed by atoms with van der Waals surface area (Å²) in [5, 5.41) is 4.02. The second kappa shape index (κ2) is 6.30. The lowest BCUT2D eigenvalue weighted by atomic mass is 9.95. The Morgan fingerprint density at radius 2 is 2.00 bits per heavy atom. The number of rotatable bonds is 4. The number of halogens is 2. The van der Waals surface area contributed by atoms with Crippen LogP contribution in [0.4, 0.5) is 10.1 Å². The van der Waals surface area contributed by atoms with E-state index in [0.29, 0.717) is 15.8 Å². The van der Waals surface area contributed by atoms with Gasteiger partial charge in [0.2, 0.25) is 0 Å². The summed E-state index contributed by atoms with van der Waals surface area (Å²) < 4.78 is 15.2. The molecule has 1 heterocycles. The van der Waals surface area contributed by atoms with E-state index in [4.69, 9.17) is 0 Å². The minimum atomic E-state index is -0.233. The maximum Gasteiger partial charge on any atom is 0.148 e. The number of aryl methyl sites for hydroxylation is 2. The van der Waals surface area contributed by atoms with Crippen molar-refractivity contribution in [3.63, 3.8) is 0 Å². The van der Waals surface area contributed by atoms with Gasteiger partial charge in [0.1, 0.15) is 5.82 Å². The summed E-state index contributed by atoms with van der Waals surface area (Å²) in [6, 6.07) is 1.79. The Balaban J connectivity index is 2.91. The second-order valence-corrected chi connectivity index (χ2v) is 6.63. The average molecular weight is 353 g/mol. The lowest BCUT2D eigenvalue weighted by Crippen LogP contribution is -2.09. The van der Waals surface area contributed by atoms with Crippen LogP contribution in [-0.4, -0.2) is 11.5 Å². The van der Waals surface area contributed by atoms with Crippen LogP contribution < -0.4 is 5.32 Å². The zero-order chi connectivity index (χ0) is 15.7. The molecule has 2 aromatic rings. The van der Waals surface area contributed by atoms with Crippen LogP contribution in [0.15, 0.2) is 10.5 Å². The molecule has 0 radical (unpaired) electrons. The number of nitrogens with zero attached hydrogens (tertiary/aromatic N) is 1. The molecule has 0 unspecified atom stereocenters. The average Bonchev–Trinajstić information content (AvgIpc) is 2.41. The molecule has 0 bridgehead atoms. The third kappa shape index (κ3) is 2.91. The van der Waals surface area contributed by atoms with Gasteiger partial charge in [0, 0.05) is 12.2 Å². The van der Waals surface area contributed by atoms with Gasteiger partial charge in [-0.3, -0.25) is 4.98 Å². The summed E-state index contributed by atoms with van der Waals surface area (Å²) in [6.07, 6.45) is 0.995. The number of nitrogens with one attached hydrogen (secondary N) is 1. The molecule has 0 saturated carbocycles. The molecule has 0 aliphatic rings. The van der Waals surface area contributed by atoms with Gasteiger partial charge in [0.15, 0.2) is 0 Å². The van der Waals surface area contributed by atoms with E-state index in [1.807, 2.05) is 13.8 Å². The minimum absolute atomic E-state index is 0.233. The van der Waals surface area contributed by atoms with Crippen molar-refractivity contribution >= 4 is 32.5 Å². The smallest absolute Gasteiger partial charge is 0.148 e. The summed E-state index contributed by atoms with van der Waals surface area (Å²) in [5.74, 6) is 0.0588. The fourth-order valence-electron chi connectivity index (χ4n) is 2.80. The molecular weight excluding hydrogens is 331 g/mol. The van der Waals surface area contributed by atoms with E-state index < -0.39 is 0 Å². The number of fused-ring (bicyclic) bond motifs is 1. The molecule has 0 saturated heterocycles. The maximum atomic E-state index is 14.7. The van der Waals surface area contributed by atoms with Crippen LogP contribution in [0.25, 0.3) is 10.9 Å². The molecule has 1 aromatic heterocycles. The van der Waals surface area contributed by atoms with Crippen molar-refractivity contribution < 1.29 is 4.39 Å². The lowest BCUT2D eigenvalue weighted by molar-refractivity contribution is 0.632. The van der Waals surface area contributed by atoms with E-state index in [0.717, 1.165) is 41.0 Å². The predicted molar refractivity (Wildman–Crippen MR) is 91.7 cm³/mol. The Kier molecular flexibility index (Phi) is 4.87. The fraction of sp³-hybridized carbons (Fsp3) is 0.471. The van der Waals surface area contributed by atoms with Gasteiger partial charge in [0.25, 0.3) is 0 Å². The van der Waals surface area contributed by atoms with Gasteiger partial charge in [-0.15, -0.1) is 0 Å². The van der Waals surface area contributed by atoms with Crippen molar-refractivity contribution in [2.45, 2.75) is 47.0 Å². The van der Waals surface area contributed by atoms with Gasteiger partial charge >= 0.3 is 0 Å². The Morgan fingerprint density at radius 1 is 1.33 bits per heavy atom. The van der Waals surface area contributed by atoms with E-state index in [1.165, 1.54) is 0 Å². The molecule has 0 atom stereocenters. The summed E-state index contributed by atoms with van der Waals surface area (Å²) in [7, 11) is 0. The first-order valence-corrected chi connectivity index (χ1v) is 8.20. The van der Waals surface area contributed by atoms with Gasteiger partial charge < -0.3 is 5.32 Å². The first kappa shape index (κ1) is 16.2. The number of pyridine rings is 1. The van der Waals surface area contributed by atoms with E-state index in [9.17, 15) is 4.39 Å². The van der Waals surface area contributed by atoms with Gasteiger partial charge in [-0.2, -0.15) is 0 Å². The number of aromatic nitrogens is 1. The molecule has 1 N–H and O–H groups in total. The maximum absolute atomic E-state index is 14.7. The number of benzene rings is 1. The first-order valence-electron chi connectivity index (χ1n) is 7.41. The zero-order valence-corrected chi connectivity index (χ0v) is 14.9. The van der Waals surface area contributed by atoms with Gasteiger partial charge in [0.05, 0.1) is 21.1 Å².